The molecule has 0 saturated carbocycles. The summed E-state index contributed by atoms with van der Waals surface area (Å²) in [4.78, 5) is 23.8. The molecule has 0 bridgehead atoms. The number of esters is 1. The molecule has 0 aliphatic heterocycles. The van der Waals surface area contributed by atoms with Gasteiger partial charge in [0.25, 0.3) is 0 Å². The highest BCUT2D eigenvalue weighted by Crippen LogP contribution is 2.21. The van der Waals surface area contributed by atoms with E-state index in [9.17, 15) is 9.59 Å². The number of hydrogen-bond acceptors (Lipinski definition) is 4. The van der Waals surface area contributed by atoms with E-state index in [4.69, 9.17) is 21.1 Å². The summed E-state index contributed by atoms with van der Waals surface area (Å²) in [6.45, 7) is 5.94. The summed E-state index contributed by atoms with van der Waals surface area (Å²) in [5, 5.41) is 3.50. The molecule has 0 saturated heterocycles. The van der Waals surface area contributed by atoms with E-state index in [0.29, 0.717) is 35.7 Å². The van der Waals surface area contributed by atoms with Gasteiger partial charge in [-0.15, -0.1) is 0 Å². The molecule has 0 aliphatic carbocycles. The monoisotopic (exact) mass is 389 g/mol. The normalized spacial score (nSPS) is 10.6. The van der Waals surface area contributed by atoms with Crippen molar-refractivity contribution in [3.8, 4) is 5.75 Å². The average Bonchev–Trinajstić information content (AvgIpc) is 2.61. The van der Waals surface area contributed by atoms with Crippen LogP contribution in [0.1, 0.15) is 42.6 Å². The molecule has 5 nitrogen and oxygen atoms in total. The molecule has 0 radical (unpaired) electrons. The molecule has 0 heterocycles. The molecule has 0 spiro atoms. The predicted octanol–water partition coefficient (Wildman–Crippen LogP) is 5.01. The van der Waals surface area contributed by atoms with Gasteiger partial charge in [0.05, 0.1) is 18.3 Å². The first-order valence-corrected chi connectivity index (χ1v) is 9.23. The Bertz CT molecular complexity index is 787. The molecule has 0 atom stereocenters. The number of halogens is 1. The lowest BCUT2D eigenvalue weighted by molar-refractivity contribution is -0.116. The second-order valence-corrected chi connectivity index (χ2v) is 6.85. The van der Waals surface area contributed by atoms with E-state index < -0.39 is 0 Å². The van der Waals surface area contributed by atoms with E-state index in [-0.39, 0.29) is 18.0 Å². The Morgan fingerprint density at radius 3 is 2.44 bits per heavy atom. The highest BCUT2D eigenvalue weighted by atomic mass is 35.5. The van der Waals surface area contributed by atoms with Gasteiger partial charge in [-0.2, -0.15) is 0 Å². The van der Waals surface area contributed by atoms with Crippen LogP contribution in [0.5, 0.6) is 5.75 Å². The molecule has 0 unspecified atom stereocenters. The van der Waals surface area contributed by atoms with Crippen molar-refractivity contribution in [1.29, 1.82) is 0 Å². The van der Waals surface area contributed by atoms with E-state index >= 15 is 0 Å². The molecule has 0 aromatic heterocycles. The van der Waals surface area contributed by atoms with Crippen molar-refractivity contribution in [1.82, 2.24) is 0 Å². The lowest BCUT2D eigenvalue weighted by Gasteiger charge is -2.10. The maximum atomic E-state index is 12.0. The Hall–Kier alpha value is -2.53. The van der Waals surface area contributed by atoms with E-state index in [2.05, 4.69) is 5.32 Å². The summed E-state index contributed by atoms with van der Waals surface area (Å²) in [5.41, 5.74) is 2.04. The van der Waals surface area contributed by atoms with Crippen molar-refractivity contribution in [3.05, 3.63) is 58.6 Å². The van der Waals surface area contributed by atoms with Crippen molar-refractivity contribution in [2.75, 3.05) is 11.9 Å². The smallest absolute Gasteiger partial charge is 0.338 e. The molecule has 2 aromatic rings. The van der Waals surface area contributed by atoms with Crippen LogP contribution in [0.2, 0.25) is 5.02 Å². The van der Waals surface area contributed by atoms with Gasteiger partial charge in [0.15, 0.2) is 0 Å². The molecule has 144 valence electrons. The quantitative estimate of drug-likeness (QED) is 0.509. The van der Waals surface area contributed by atoms with Crippen LogP contribution in [0.4, 0.5) is 5.69 Å². The number of benzene rings is 2. The SMILES string of the molecule is Cc1cc(OCCCC(=O)Nc2ccc(C(=O)OC(C)C)cc2)ccc1Cl. The van der Waals surface area contributed by atoms with Crippen LogP contribution in [-0.2, 0) is 9.53 Å². The maximum absolute atomic E-state index is 12.0. The fourth-order valence-electron chi connectivity index (χ4n) is 2.32. The zero-order chi connectivity index (χ0) is 19.8. The average molecular weight is 390 g/mol. The van der Waals surface area contributed by atoms with Crippen molar-refractivity contribution >= 4 is 29.2 Å². The van der Waals surface area contributed by atoms with Crippen LogP contribution in [-0.4, -0.2) is 24.6 Å². The topological polar surface area (TPSA) is 64.6 Å². The Kier molecular flexibility index (Phi) is 7.67. The third-order valence-electron chi connectivity index (χ3n) is 3.69. The number of carbonyl (C=O) groups is 2. The van der Waals surface area contributed by atoms with Gasteiger partial charge in [0, 0.05) is 17.1 Å². The Morgan fingerprint density at radius 1 is 1.11 bits per heavy atom. The molecule has 1 amide bonds. The van der Waals surface area contributed by atoms with Gasteiger partial charge in [-0.05, 0) is 75.2 Å². The number of ether oxygens (including phenoxy) is 2. The number of carbonyl (C=O) groups excluding carboxylic acids is 2. The molecule has 2 rings (SSSR count). The maximum Gasteiger partial charge on any atom is 0.338 e. The molecule has 6 heteroatoms. The number of amides is 1. The second kappa shape index (κ2) is 9.97. The van der Waals surface area contributed by atoms with Crippen LogP contribution in [0.3, 0.4) is 0 Å². The second-order valence-electron chi connectivity index (χ2n) is 6.44. The van der Waals surface area contributed by atoms with Crippen molar-refractivity contribution < 1.29 is 19.1 Å². The molecular formula is C21H24ClNO4. The highest BCUT2D eigenvalue weighted by Gasteiger charge is 2.09. The third kappa shape index (κ3) is 6.94. The van der Waals surface area contributed by atoms with Gasteiger partial charge in [0.1, 0.15) is 5.75 Å². The fourth-order valence-corrected chi connectivity index (χ4v) is 2.44. The zero-order valence-electron chi connectivity index (χ0n) is 15.8. The summed E-state index contributed by atoms with van der Waals surface area (Å²) >= 11 is 5.98. The predicted molar refractivity (Wildman–Crippen MR) is 107 cm³/mol. The van der Waals surface area contributed by atoms with Crippen LogP contribution in [0.25, 0.3) is 0 Å². The van der Waals surface area contributed by atoms with E-state index in [1.165, 1.54) is 0 Å². The molecule has 1 N–H and O–H groups in total. The third-order valence-corrected chi connectivity index (χ3v) is 4.12. The largest absolute Gasteiger partial charge is 0.494 e. The first-order valence-electron chi connectivity index (χ1n) is 8.85. The molecule has 0 aliphatic rings. The van der Waals surface area contributed by atoms with E-state index in [0.717, 1.165) is 11.3 Å². The summed E-state index contributed by atoms with van der Waals surface area (Å²) in [6.07, 6.45) is 0.756. The highest BCUT2D eigenvalue weighted by molar-refractivity contribution is 6.31. The summed E-state index contributed by atoms with van der Waals surface area (Å²) < 4.78 is 10.8. The van der Waals surface area contributed by atoms with E-state index in [1.807, 2.05) is 13.0 Å². The van der Waals surface area contributed by atoms with Crippen LogP contribution < -0.4 is 10.1 Å². The number of nitrogens with one attached hydrogen (secondary N) is 1. The van der Waals surface area contributed by atoms with Crippen LogP contribution in [0, 0.1) is 6.92 Å². The zero-order valence-corrected chi connectivity index (χ0v) is 16.5. The lowest BCUT2D eigenvalue weighted by Crippen LogP contribution is -2.14. The van der Waals surface area contributed by atoms with Gasteiger partial charge in [-0.3, -0.25) is 4.79 Å². The number of hydrogen-bond donors (Lipinski definition) is 1. The molecular weight excluding hydrogens is 366 g/mol. The lowest BCUT2D eigenvalue weighted by atomic mass is 10.2. The Balaban J connectivity index is 1.73. The Labute approximate surface area is 164 Å². The fraction of sp³-hybridized carbons (Fsp3) is 0.333. The number of rotatable bonds is 8. The van der Waals surface area contributed by atoms with Crippen molar-refractivity contribution in [2.24, 2.45) is 0 Å². The van der Waals surface area contributed by atoms with Crippen molar-refractivity contribution in [3.63, 3.8) is 0 Å². The minimum atomic E-state index is -0.377. The van der Waals surface area contributed by atoms with Gasteiger partial charge >= 0.3 is 5.97 Å². The standard InChI is InChI=1S/C21H24ClNO4/c1-14(2)27-21(25)16-6-8-17(9-7-16)23-20(24)5-4-12-26-18-10-11-19(22)15(3)13-18/h6-11,13-14H,4-5,12H2,1-3H3,(H,23,24). The number of aryl methyl sites for hydroxylation is 1. The molecule has 2 aromatic carbocycles. The Morgan fingerprint density at radius 2 is 1.81 bits per heavy atom. The van der Waals surface area contributed by atoms with Gasteiger partial charge in [0.2, 0.25) is 5.91 Å². The molecule has 27 heavy (non-hydrogen) atoms. The van der Waals surface area contributed by atoms with Gasteiger partial charge in [-0.25, -0.2) is 4.79 Å². The number of anilines is 1. The van der Waals surface area contributed by atoms with Gasteiger partial charge < -0.3 is 14.8 Å². The van der Waals surface area contributed by atoms with Crippen LogP contribution in [0.15, 0.2) is 42.5 Å². The molecule has 0 fully saturated rings. The van der Waals surface area contributed by atoms with Crippen LogP contribution >= 0.6 is 11.6 Å². The first-order chi connectivity index (χ1) is 12.8. The summed E-state index contributed by atoms with van der Waals surface area (Å²) in [5.74, 6) is 0.252. The first kappa shape index (κ1) is 20.8. The minimum Gasteiger partial charge on any atom is -0.494 e. The van der Waals surface area contributed by atoms with Crippen molar-refractivity contribution in [2.45, 2.75) is 39.7 Å². The minimum absolute atomic E-state index is 0.108. The van der Waals surface area contributed by atoms with Gasteiger partial charge in [-0.1, -0.05) is 11.6 Å². The van der Waals surface area contributed by atoms with E-state index in [1.54, 1.807) is 50.2 Å². The summed E-state index contributed by atoms with van der Waals surface area (Å²) in [7, 11) is 0. The summed E-state index contributed by atoms with van der Waals surface area (Å²) in [6, 6.07) is 12.1.